The first-order chi connectivity index (χ1) is 33.1. The topological polar surface area (TPSA) is 239 Å². The number of nitrogens with one attached hydrogen (secondary N) is 4. The summed E-state index contributed by atoms with van der Waals surface area (Å²) in [7, 11) is -2.66. The molecule has 70 heavy (non-hydrogen) atoms. The van der Waals surface area contributed by atoms with Gasteiger partial charge in [0.15, 0.2) is 5.13 Å². The molecule has 6 atom stereocenters. The number of hydrogen-bond acceptors (Lipinski definition) is 13. The summed E-state index contributed by atoms with van der Waals surface area (Å²) >= 11 is 1.43. The quantitative estimate of drug-likeness (QED) is 0.0805. The highest BCUT2D eigenvalue weighted by atomic mass is 32.2. The van der Waals surface area contributed by atoms with Crippen molar-refractivity contribution in [1.82, 2.24) is 35.1 Å². The molecule has 0 bridgehead atoms. The second kappa shape index (κ2) is 19.1. The molecule has 4 heterocycles. The lowest BCUT2D eigenvalue weighted by atomic mass is 9.70. The number of ether oxygens (including phenoxy) is 2. The van der Waals surface area contributed by atoms with Crippen molar-refractivity contribution in [1.29, 1.82) is 0 Å². The van der Waals surface area contributed by atoms with Crippen LogP contribution < -0.4 is 30.7 Å². The van der Waals surface area contributed by atoms with Gasteiger partial charge in [-0.1, -0.05) is 71.2 Å². The predicted octanol–water partition coefficient (Wildman–Crippen LogP) is 6.47. The Labute approximate surface area is 412 Å². The zero-order valence-electron chi connectivity index (χ0n) is 40.5. The summed E-state index contributed by atoms with van der Waals surface area (Å²) in [4.78, 5) is 82.5. The lowest BCUT2D eigenvalue weighted by Crippen LogP contribution is -2.63. The van der Waals surface area contributed by atoms with Crippen molar-refractivity contribution in [3.63, 3.8) is 0 Å². The van der Waals surface area contributed by atoms with Gasteiger partial charge in [0.2, 0.25) is 11.8 Å². The number of carboxylic acid groups (broad SMARTS) is 1. The van der Waals surface area contributed by atoms with Gasteiger partial charge >= 0.3 is 12.0 Å². The first kappa shape index (κ1) is 50.1. The molecule has 2 aromatic heterocycles. The second-order valence-electron chi connectivity index (χ2n) is 20.5. The van der Waals surface area contributed by atoms with Crippen LogP contribution in [0.2, 0.25) is 0 Å². The van der Waals surface area contributed by atoms with Gasteiger partial charge in [-0.15, -0.1) is 17.9 Å². The number of rotatable bonds is 15. The molecule has 20 heteroatoms. The molecule has 5 N–H and O–H groups in total. The van der Waals surface area contributed by atoms with Gasteiger partial charge in [-0.05, 0) is 67.7 Å². The third-order valence-electron chi connectivity index (χ3n) is 14.0. The molecular formula is C50H62N8O10S2. The van der Waals surface area contributed by atoms with Gasteiger partial charge in [-0.3, -0.25) is 14.4 Å². The zero-order valence-corrected chi connectivity index (χ0v) is 42.2. The Morgan fingerprint density at radius 1 is 0.986 bits per heavy atom. The molecule has 1 saturated heterocycles. The van der Waals surface area contributed by atoms with Crippen LogP contribution in [-0.2, 0) is 35.7 Å². The number of carboxylic acids is 1. The summed E-state index contributed by atoms with van der Waals surface area (Å²) in [6, 6.07) is 8.90. The predicted molar refractivity (Wildman–Crippen MR) is 264 cm³/mol. The minimum atomic E-state index is -4.21. The van der Waals surface area contributed by atoms with E-state index < -0.39 is 86.3 Å². The van der Waals surface area contributed by atoms with Crippen molar-refractivity contribution in [2.75, 3.05) is 19.0 Å². The van der Waals surface area contributed by atoms with E-state index in [1.807, 2.05) is 32.2 Å². The largest absolute Gasteiger partial charge is 0.497 e. The molecule has 2 saturated carbocycles. The maximum Gasteiger partial charge on any atom is 0.330 e. The fraction of sp³-hybridized carbons (Fsp3) is 0.500. The molecule has 8 rings (SSSR count). The number of aliphatic carboxylic acids is 1. The number of anilines is 1. The van der Waals surface area contributed by atoms with Crippen molar-refractivity contribution in [3.8, 4) is 22.9 Å². The molecule has 18 nitrogen and oxygen atoms in total. The van der Waals surface area contributed by atoms with E-state index in [4.69, 9.17) is 19.4 Å². The molecule has 2 aliphatic heterocycles. The Bertz CT molecular complexity index is 2840. The van der Waals surface area contributed by atoms with Crippen LogP contribution in [-0.4, -0.2) is 112 Å². The van der Waals surface area contributed by atoms with Gasteiger partial charge in [-0.25, -0.2) is 32.3 Å². The number of hydrogen-bond donors (Lipinski definition) is 5. The van der Waals surface area contributed by atoms with E-state index >= 15 is 4.79 Å². The zero-order chi connectivity index (χ0) is 50.5. The maximum absolute atomic E-state index is 15.5. The molecule has 0 radical (unpaired) electrons. The van der Waals surface area contributed by atoms with Crippen LogP contribution >= 0.6 is 11.3 Å². The number of thiazole rings is 1. The van der Waals surface area contributed by atoms with Crippen molar-refractivity contribution in [3.05, 3.63) is 72.1 Å². The van der Waals surface area contributed by atoms with E-state index in [0.29, 0.717) is 57.3 Å². The molecule has 2 aromatic carbocycles. The van der Waals surface area contributed by atoms with Gasteiger partial charge < -0.3 is 40.7 Å². The number of aromatic nitrogens is 2. The first-order valence-corrected chi connectivity index (χ1v) is 26.0. The van der Waals surface area contributed by atoms with Gasteiger partial charge in [0.05, 0.1) is 36.3 Å². The van der Waals surface area contributed by atoms with E-state index in [2.05, 4.69) is 27.8 Å². The number of fused-ring (bicyclic) bond motifs is 2. The standard InChI is InChI=1S/C50H62N8O10S2/c1-9-30-24-50(30,45(62)63)56-42(59)37-22-32(68-38-23-35(36-27-69-47(53-36)51-28(2)3)52-34-21-31(67-8)17-18-33(34)38)26-57(37)43(60)41(49(7)19-13-10-14-20-49)55-46(64)54-40(48(4,5)6)44(61)58-25-29-15-11-12-16-39(29)70(58,65)66/h9,11-12,15-18,21,23,27-28,30,32,37,40-41H,1,10,13-14,19-20,22,24-26H2,2-8H3,(H,51,53)(H,56,59)(H,62,63)(H2,54,55,64)/t30?,32-,37+,40-,41-,50-/m1/s1. The number of carbonyl (C=O) groups is 5. The van der Waals surface area contributed by atoms with Gasteiger partial charge in [0, 0.05) is 41.3 Å². The van der Waals surface area contributed by atoms with E-state index in [9.17, 15) is 32.7 Å². The number of benzene rings is 2. The molecular weight excluding hydrogens is 937 g/mol. The van der Waals surface area contributed by atoms with Crippen LogP contribution in [0.25, 0.3) is 22.3 Å². The van der Waals surface area contributed by atoms with Crippen molar-refractivity contribution < 1.29 is 47.0 Å². The highest BCUT2D eigenvalue weighted by Gasteiger charge is 2.61. The van der Waals surface area contributed by atoms with Crippen molar-refractivity contribution >= 4 is 67.1 Å². The van der Waals surface area contributed by atoms with Crippen LogP contribution in [0.1, 0.15) is 92.1 Å². The molecule has 5 amide bonds. The third-order valence-corrected chi connectivity index (χ3v) is 16.6. The summed E-state index contributed by atoms with van der Waals surface area (Å²) in [5.41, 5.74) is -1.31. The van der Waals surface area contributed by atoms with Crippen LogP contribution in [0.3, 0.4) is 0 Å². The molecule has 2 aliphatic carbocycles. The molecule has 0 spiro atoms. The van der Waals surface area contributed by atoms with Crippen LogP contribution in [0.5, 0.6) is 11.5 Å². The number of urea groups is 1. The normalized spacial score (nSPS) is 23.2. The molecule has 374 valence electrons. The van der Waals surface area contributed by atoms with Crippen LogP contribution in [0.15, 0.2) is 71.5 Å². The lowest BCUT2D eigenvalue weighted by molar-refractivity contribution is -0.146. The van der Waals surface area contributed by atoms with E-state index in [0.717, 1.165) is 23.6 Å². The molecule has 4 aliphatic rings. The Hall–Kier alpha value is -6.28. The molecule has 1 unspecified atom stereocenters. The number of carbonyl (C=O) groups excluding carboxylic acids is 4. The number of nitrogens with zero attached hydrogens (tertiary/aromatic N) is 4. The van der Waals surface area contributed by atoms with Gasteiger partial charge in [-0.2, -0.15) is 0 Å². The maximum atomic E-state index is 15.5. The monoisotopic (exact) mass is 998 g/mol. The van der Waals surface area contributed by atoms with Gasteiger partial charge in [0.25, 0.3) is 15.9 Å². The summed E-state index contributed by atoms with van der Waals surface area (Å²) < 4.78 is 40.4. The highest BCUT2D eigenvalue weighted by molar-refractivity contribution is 7.90. The summed E-state index contributed by atoms with van der Waals surface area (Å²) in [5, 5.41) is 25.3. The van der Waals surface area contributed by atoms with Crippen LogP contribution in [0, 0.1) is 16.7 Å². The Kier molecular flexibility index (Phi) is 13.7. The minimum absolute atomic E-state index is 0.0179. The number of sulfonamides is 1. The second-order valence-corrected chi connectivity index (χ2v) is 23.2. The van der Waals surface area contributed by atoms with Gasteiger partial charge in [0.1, 0.15) is 47.0 Å². The van der Waals surface area contributed by atoms with E-state index in [-0.39, 0.29) is 36.9 Å². The fourth-order valence-electron chi connectivity index (χ4n) is 10.00. The highest BCUT2D eigenvalue weighted by Crippen LogP contribution is 2.46. The lowest BCUT2D eigenvalue weighted by Gasteiger charge is -2.42. The van der Waals surface area contributed by atoms with Crippen molar-refractivity contribution in [2.24, 2.45) is 16.7 Å². The molecule has 4 aromatic rings. The number of pyridine rings is 1. The number of methoxy groups -OCH3 is 1. The Balaban J connectivity index is 1.12. The number of likely N-dealkylation sites (tertiary alicyclic amines) is 1. The average molecular weight is 999 g/mol. The fourth-order valence-corrected chi connectivity index (χ4v) is 12.4. The Morgan fingerprint density at radius 2 is 1.71 bits per heavy atom. The third kappa shape index (κ3) is 9.76. The summed E-state index contributed by atoms with van der Waals surface area (Å²) in [6.07, 6.45) is 4.28. The smallest absolute Gasteiger partial charge is 0.330 e. The summed E-state index contributed by atoms with van der Waals surface area (Å²) in [6.45, 7) is 14.5. The SMILES string of the molecule is C=CC1C[C@]1(NC(=O)[C@@H]1C[C@@H](Oc2cc(-c3csc(NC(C)C)n3)nc3cc(OC)ccc23)CN1C(=O)[C@@H](NC(=O)N[C@H](C(=O)N1Cc2ccccc2S1(=O)=O)C(C)(C)C)C1(C)CCCCC1)C(=O)O. The molecule has 3 fully saturated rings. The average Bonchev–Trinajstić information content (AvgIpc) is 3.53. The first-order valence-electron chi connectivity index (χ1n) is 23.7. The minimum Gasteiger partial charge on any atom is -0.497 e. The van der Waals surface area contributed by atoms with E-state index in [1.54, 1.807) is 64.3 Å². The van der Waals surface area contributed by atoms with Crippen molar-refractivity contribution in [2.45, 2.75) is 134 Å². The van der Waals surface area contributed by atoms with Crippen LogP contribution in [0.4, 0.5) is 9.93 Å². The summed E-state index contributed by atoms with van der Waals surface area (Å²) in [5.74, 6) is -2.93. The number of amides is 5. The van der Waals surface area contributed by atoms with E-state index in [1.165, 1.54) is 28.4 Å². The Morgan fingerprint density at radius 3 is 2.36 bits per heavy atom.